The van der Waals surface area contributed by atoms with Crippen LogP contribution in [-0.4, -0.2) is 15.6 Å². The van der Waals surface area contributed by atoms with Gasteiger partial charge in [-0.2, -0.15) is 0 Å². The molecule has 4 nitrogen and oxygen atoms in total. The summed E-state index contributed by atoms with van der Waals surface area (Å²) in [6.07, 6.45) is 1.86. The highest BCUT2D eigenvalue weighted by molar-refractivity contribution is 6.03. The second-order valence-corrected chi connectivity index (χ2v) is 4.13. The van der Waals surface area contributed by atoms with Crippen LogP contribution < -0.4 is 5.32 Å². The number of phenols is 1. The molecule has 1 aromatic heterocycles. The summed E-state index contributed by atoms with van der Waals surface area (Å²) in [5.74, 6) is 0.00350. The third-order valence-electron chi connectivity index (χ3n) is 2.87. The van der Waals surface area contributed by atoms with Crippen LogP contribution in [0.4, 0.5) is 5.69 Å². The first kappa shape index (κ1) is 12.2. The molecule has 0 fully saturated rings. The van der Waals surface area contributed by atoms with Crippen LogP contribution in [0.5, 0.6) is 5.75 Å². The number of aromatic nitrogens is 1. The first-order valence-electron chi connectivity index (χ1n) is 5.88. The number of nitrogens with zero attached hydrogens (tertiary/aromatic N) is 1. The summed E-state index contributed by atoms with van der Waals surface area (Å²) in [4.78, 5) is 12.0. The van der Waals surface area contributed by atoms with Gasteiger partial charge in [0, 0.05) is 24.5 Å². The Hall–Kier alpha value is -2.23. The molecule has 94 valence electrons. The highest BCUT2D eigenvalue weighted by atomic mass is 16.3. The first-order chi connectivity index (χ1) is 8.61. The van der Waals surface area contributed by atoms with Gasteiger partial charge in [-0.05, 0) is 37.6 Å². The van der Waals surface area contributed by atoms with Crippen molar-refractivity contribution < 1.29 is 9.90 Å². The van der Waals surface area contributed by atoms with Crippen LogP contribution in [0.1, 0.15) is 23.0 Å². The van der Waals surface area contributed by atoms with E-state index < -0.39 is 0 Å². The fraction of sp³-hybridized carbons (Fsp3) is 0.214. The summed E-state index contributed by atoms with van der Waals surface area (Å²) in [5.41, 5.74) is 1.98. The Kier molecular flexibility index (Phi) is 3.37. The topological polar surface area (TPSA) is 54.3 Å². The van der Waals surface area contributed by atoms with Crippen LogP contribution >= 0.6 is 0 Å². The molecular formula is C14H16N2O2. The zero-order valence-electron chi connectivity index (χ0n) is 10.5. The van der Waals surface area contributed by atoms with E-state index >= 15 is 0 Å². The molecule has 0 aliphatic carbocycles. The van der Waals surface area contributed by atoms with Gasteiger partial charge in [-0.25, -0.2) is 0 Å². The van der Waals surface area contributed by atoms with E-state index in [1.54, 1.807) is 24.3 Å². The molecule has 2 N–H and O–H groups in total. The molecular weight excluding hydrogens is 228 g/mol. The van der Waals surface area contributed by atoms with E-state index in [1.807, 2.05) is 30.7 Å². The number of aromatic hydroxyl groups is 1. The lowest BCUT2D eigenvalue weighted by Gasteiger charge is -2.08. The van der Waals surface area contributed by atoms with Gasteiger partial charge in [-0.1, -0.05) is 6.07 Å². The highest BCUT2D eigenvalue weighted by Crippen LogP contribution is 2.21. The predicted molar refractivity (Wildman–Crippen MR) is 70.9 cm³/mol. The fourth-order valence-corrected chi connectivity index (χ4v) is 1.78. The van der Waals surface area contributed by atoms with Gasteiger partial charge in [0.1, 0.15) is 11.4 Å². The number of rotatable bonds is 3. The molecule has 0 aliphatic heterocycles. The third kappa shape index (κ3) is 2.37. The SMILES string of the molecule is CCn1cccc1C(=O)Nc1ccc(C)c(O)c1. The van der Waals surface area contributed by atoms with Crippen molar-refractivity contribution in [3.63, 3.8) is 0 Å². The summed E-state index contributed by atoms with van der Waals surface area (Å²) < 4.78 is 1.86. The summed E-state index contributed by atoms with van der Waals surface area (Å²) in [5, 5.41) is 12.4. The molecule has 1 amide bonds. The number of carbonyl (C=O) groups is 1. The smallest absolute Gasteiger partial charge is 0.272 e. The lowest BCUT2D eigenvalue weighted by Crippen LogP contribution is -2.16. The minimum absolute atomic E-state index is 0.176. The first-order valence-corrected chi connectivity index (χ1v) is 5.88. The minimum atomic E-state index is -0.176. The monoisotopic (exact) mass is 244 g/mol. The van der Waals surface area contributed by atoms with E-state index in [0.29, 0.717) is 11.4 Å². The quantitative estimate of drug-likeness (QED) is 0.872. The molecule has 0 atom stereocenters. The zero-order chi connectivity index (χ0) is 13.1. The van der Waals surface area contributed by atoms with Crippen molar-refractivity contribution in [1.82, 2.24) is 4.57 Å². The van der Waals surface area contributed by atoms with E-state index in [1.165, 1.54) is 0 Å². The molecule has 1 heterocycles. The zero-order valence-corrected chi connectivity index (χ0v) is 10.5. The number of anilines is 1. The second-order valence-electron chi connectivity index (χ2n) is 4.13. The molecule has 2 rings (SSSR count). The largest absolute Gasteiger partial charge is 0.508 e. The minimum Gasteiger partial charge on any atom is -0.508 e. The van der Waals surface area contributed by atoms with Crippen LogP contribution in [0.15, 0.2) is 36.5 Å². The van der Waals surface area contributed by atoms with Crippen LogP contribution in [0, 0.1) is 6.92 Å². The van der Waals surface area contributed by atoms with E-state index in [0.717, 1.165) is 12.1 Å². The van der Waals surface area contributed by atoms with Gasteiger partial charge < -0.3 is 15.0 Å². The van der Waals surface area contributed by atoms with Crippen LogP contribution in [0.3, 0.4) is 0 Å². The summed E-state index contributed by atoms with van der Waals surface area (Å²) in [6, 6.07) is 8.69. The lowest BCUT2D eigenvalue weighted by molar-refractivity contribution is 0.101. The van der Waals surface area contributed by atoms with E-state index in [9.17, 15) is 9.90 Å². The van der Waals surface area contributed by atoms with E-state index in [-0.39, 0.29) is 11.7 Å². The predicted octanol–water partition coefficient (Wildman–Crippen LogP) is 2.77. The number of amides is 1. The number of hydrogen-bond acceptors (Lipinski definition) is 2. The standard InChI is InChI=1S/C14H16N2O2/c1-3-16-8-4-5-12(16)14(18)15-11-7-6-10(2)13(17)9-11/h4-9,17H,3H2,1-2H3,(H,15,18). The van der Waals surface area contributed by atoms with E-state index in [4.69, 9.17) is 0 Å². The lowest BCUT2D eigenvalue weighted by atomic mass is 10.2. The molecule has 4 heteroatoms. The van der Waals surface area contributed by atoms with Crippen molar-refractivity contribution in [3.8, 4) is 5.75 Å². The number of aryl methyl sites for hydroxylation is 2. The second kappa shape index (κ2) is 4.96. The van der Waals surface area contributed by atoms with Crippen molar-refractivity contribution >= 4 is 11.6 Å². The molecule has 0 saturated carbocycles. The Bertz CT molecular complexity index is 573. The van der Waals surface area contributed by atoms with Gasteiger partial charge in [0.05, 0.1) is 0 Å². The number of benzene rings is 1. The van der Waals surface area contributed by atoms with Crippen molar-refractivity contribution in [2.75, 3.05) is 5.32 Å². The van der Waals surface area contributed by atoms with Gasteiger partial charge in [-0.15, -0.1) is 0 Å². The summed E-state index contributed by atoms with van der Waals surface area (Å²) >= 11 is 0. The molecule has 0 aliphatic rings. The average molecular weight is 244 g/mol. The summed E-state index contributed by atoms with van der Waals surface area (Å²) in [6.45, 7) is 4.53. The number of carbonyl (C=O) groups excluding carboxylic acids is 1. The molecule has 0 unspecified atom stereocenters. The van der Waals surface area contributed by atoms with Crippen molar-refractivity contribution in [2.45, 2.75) is 20.4 Å². The van der Waals surface area contributed by atoms with Crippen LogP contribution in [-0.2, 0) is 6.54 Å². The molecule has 0 saturated heterocycles. The molecule has 0 bridgehead atoms. The van der Waals surface area contributed by atoms with Crippen LogP contribution in [0.2, 0.25) is 0 Å². The van der Waals surface area contributed by atoms with Gasteiger partial charge >= 0.3 is 0 Å². The Morgan fingerprint density at radius 2 is 2.17 bits per heavy atom. The Labute approximate surface area is 106 Å². The molecule has 1 aromatic carbocycles. The van der Waals surface area contributed by atoms with Gasteiger partial charge in [0.2, 0.25) is 0 Å². The molecule has 18 heavy (non-hydrogen) atoms. The van der Waals surface area contributed by atoms with Crippen molar-refractivity contribution in [2.24, 2.45) is 0 Å². The molecule has 2 aromatic rings. The Morgan fingerprint density at radius 3 is 2.83 bits per heavy atom. The highest BCUT2D eigenvalue weighted by Gasteiger charge is 2.10. The van der Waals surface area contributed by atoms with Crippen molar-refractivity contribution in [1.29, 1.82) is 0 Å². The van der Waals surface area contributed by atoms with Crippen molar-refractivity contribution in [3.05, 3.63) is 47.8 Å². The summed E-state index contributed by atoms with van der Waals surface area (Å²) in [7, 11) is 0. The molecule has 0 radical (unpaired) electrons. The fourth-order valence-electron chi connectivity index (χ4n) is 1.78. The maximum absolute atomic E-state index is 12.0. The van der Waals surface area contributed by atoms with Gasteiger partial charge in [0.25, 0.3) is 5.91 Å². The van der Waals surface area contributed by atoms with Gasteiger partial charge in [-0.3, -0.25) is 4.79 Å². The Morgan fingerprint density at radius 1 is 1.39 bits per heavy atom. The average Bonchev–Trinajstić information content (AvgIpc) is 2.82. The van der Waals surface area contributed by atoms with E-state index in [2.05, 4.69) is 5.32 Å². The maximum atomic E-state index is 12.0. The maximum Gasteiger partial charge on any atom is 0.272 e. The molecule has 0 spiro atoms. The number of nitrogens with one attached hydrogen (secondary N) is 1. The van der Waals surface area contributed by atoms with Crippen LogP contribution in [0.25, 0.3) is 0 Å². The third-order valence-corrected chi connectivity index (χ3v) is 2.87. The number of phenolic OH excluding ortho intramolecular Hbond substituents is 1. The van der Waals surface area contributed by atoms with Gasteiger partial charge in [0.15, 0.2) is 0 Å². The Balaban J connectivity index is 2.19. The number of hydrogen-bond donors (Lipinski definition) is 2. The normalized spacial score (nSPS) is 10.3.